The van der Waals surface area contributed by atoms with Crippen molar-refractivity contribution < 1.29 is 14.7 Å². The van der Waals surface area contributed by atoms with Crippen LogP contribution in [-0.2, 0) is 24.2 Å². The molecule has 2 aliphatic heterocycles. The zero-order valence-electron chi connectivity index (χ0n) is 18.5. The number of likely N-dealkylation sites (tertiary alicyclic amines) is 1. The van der Waals surface area contributed by atoms with Crippen molar-refractivity contribution in [2.45, 2.75) is 38.8 Å². The van der Waals surface area contributed by atoms with Gasteiger partial charge in [0.15, 0.2) is 0 Å². The van der Waals surface area contributed by atoms with Gasteiger partial charge in [-0.05, 0) is 48.9 Å². The van der Waals surface area contributed by atoms with Crippen LogP contribution in [0.1, 0.15) is 40.7 Å². The number of amides is 2. The molecule has 170 valence electrons. The van der Waals surface area contributed by atoms with E-state index in [0.29, 0.717) is 24.6 Å². The standard InChI is InChI=1S/C24H31N5O3/c1-17(30)29-12-18(13-29)9-21-10-23(27-16-26-21)24(32)25-11-22(31)15-28-8-4-7-19-5-2-3-6-20(19)14-28/h2-3,5-6,10,16,18,22,31H,4,7-9,11-15H2,1H3,(H,25,32)/t22-/m0/s1. The molecule has 0 unspecified atom stereocenters. The van der Waals surface area contributed by atoms with Crippen LogP contribution in [0.3, 0.4) is 0 Å². The predicted molar refractivity (Wildman–Crippen MR) is 120 cm³/mol. The van der Waals surface area contributed by atoms with Gasteiger partial charge in [0.25, 0.3) is 5.91 Å². The second-order valence-corrected chi connectivity index (χ2v) is 8.86. The molecule has 1 fully saturated rings. The smallest absolute Gasteiger partial charge is 0.270 e. The van der Waals surface area contributed by atoms with Gasteiger partial charge in [0.05, 0.1) is 6.10 Å². The van der Waals surface area contributed by atoms with E-state index >= 15 is 0 Å². The van der Waals surface area contributed by atoms with E-state index in [1.807, 2.05) is 0 Å². The minimum absolute atomic E-state index is 0.0898. The van der Waals surface area contributed by atoms with Crippen LogP contribution in [0.15, 0.2) is 36.7 Å². The molecule has 0 radical (unpaired) electrons. The summed E-state index contributed by atoms with van der Waals surface area (Å²) in [5.74, 6) is 0.144. The molecule has 4 rings (SSSR count). The highest BCUT2D eigenvalue weighted by Gasteiger charge is 2.29. The van der Waals surface area contributed by atoms with Crippen molar-refractivity contribution in [3.05, 3.63) is 59.2 Å². The Morgan fingerprint density at radius 3 is 2.78 bits per heavy atom. The number of β-amino-alcohol motifs (C(OH)–C–C–N with tert-alkyl or cyclic N) is 1. The predicted octanol–water partition coefficient (Wildman–Crippen LogP) is 1.04. The van der Waals surface area contributed by atoms with E-state index in [4.69, 9.17) is 0 Å². The van der Waals surface area contributed by atoms with Crippen LogP contribution < -0.4 is 5.32 Å². The van der Waals surface area contributed by atoms with Crippen molar-refractivity contribution in [1.29, 1.82) is 0 Å². The fourth-order valence-corrected chi connectivity index (χ4v) is 4.47. The summed E-state index contributed by atoms with van der Waals surface area (Å²) in [7, 11) is 0. The molecular formula is C24H31N5O3. The summed E-state index contributed by atoms with van der Waals surface area (Å²) >= 11 is 0. The molecule has 1 aromatic carbocycles. The van der Waals surface area contributed by atoms with Crippen LogP contribution in [-0.4, -0.2) is 75.5 Å². The van der Waals surface area contributed by atoms with Gasteiger partial charge in [-0.2, -0.15) is 0 Å². The average Bonchev–Trinajstić information content (AvgIpc) is 2.95. The Hall–Kier alpha value is -2.84. The van der Waals surface area contributed by atoms with Gasteiger partial charge < -0.3 is 15.3 Å². The average molecular weight is 438 g/mol. The summed E-state index contributed by atoms with van der Waals surface area (Å²) in [6, 6.07) is 10.2. The first-order valence-electron chi connectivity index (χ1n) is 11.3. The van der Waals surface area contributed by atoms with E-state index < -0.39 is 6.10 Å². The van der Waals surface area contributed by atoms with Crippen molar-refractivity contribution in [2.24, 2.45) is 5.92 Å². The summed E-state index contributed by atoms with van der Waals surface area (Å²) in [4.78, 5) is 36.2. The maximum absolute atomic E-state index is 12.5. The molecule has 2 aromatic rings. The Morgan fingerprint density at radius 1 is 1.22 bits per heavy atom. The Kier molecular flexibility index (Phi) is 7.12. The van der Waals surface area contributed by atoms with Crippen LogP contribution in [0.2, 0.25) is 0 Å². The lowest BCUT2D eigenvalue weighted by atomic mass is 9.94. The van der Waals surface area contributed by atoms with Gasteiger partial charge in [0, 0.05) is 45.3 Å². The summed E-state index contributed by atoms with van der Waals surface area (Å²) in [5.41, 5.74) is 3.79. The molecule has 0 saturated carbocycles. The van der Waals surface area contributed by atoms with Gasteiger partial charge in [0.2, 0.25) is 5.91 Å². The number of carbonyl (C=O) groups excluding carboxylic acids is 2. The molecule has 1 aromatic heterocycles. The topological polar surface area (TPSA) is 98.7 Å². The SMILES string of the molecule is CC(=O)N1CC(Cc2cc(C(=O)NC[C@H](O)CN3CCCc4ccccc4C3)ncn2)C1. The highest BCUT2D eigenvalue weighted by molar-refractivity contribution is 5.92. The molecule has 0 spiro atoms. The van der Waals surface area contributed by atoms with E-state index in [9.17, 15) is 14.7 Å². The number of aliphatic hydroxyl groups excluding tert-OH is 1. The van der Waals surface area contributed by atoms with Crippen LogP contribution in [0.4, 0.5) is 0 Å². The molecule has 8 nitrogen and oxygen atoms in total. The number of nitrogens with one attached hydrogen (secondary N) is 1. The number of hydrogen-bond acceptors (Lipinski definition) is 6. The molecule has 2 amide bonds. The first kappa shape index (κ1) is 22.4. The van der Waals surface area contributed by atoms with Crippen molar-refractivity contribution in [1.82, 2.24) is 25.1 Å². The third-order valence-electron chi connectivity index (χ3n) is 6.26. The highest BCUT2D eigenvalue weighted by Crippen LogP contribution is 2.20. The largest absolute Gasteiger partial charge is 0.390 e. The number of hydrogen-bond donors (Lipinski definition) is 2. The lowest BCUT2D eigenvalue weighted by Gasteiger charge is -2.38. The van der Waals surface area contributed by atoms with E-state index in [-0.39, 0.29) is 18.4 Å². The van der Waals surface area contributed by atoms with Gasteiger partial charge in [-0.15, -0.1) is 0 Å². The molecule has 2 N–H and O–H groups in total. The molecule has 8 heteroatoms. The van der Waals surface area contributed by atoms with Crippen LogP contribution in [0.5, 0.6) is 0 Å². The summed E-state index contributed by atoms with van der Waals surface area (Å²) in [6.07, 6.45) is 3.58. The van der Waals surface area contributed by atoms with Crippen LogP contribution >= 0.6 is 0 Å². The van der Waals surface area contributed by atoms with Gasteiger partial charge in [-0.25, -0.2) is 9.97 Å². The molecule has 32 heavy (non-hydrogen) atoms. The number of nitrogens with zero attached hydrogens (tertiary/aromatic N) is 4. The molecule has 2 aliphatic rings. The van der Waals surface area contributed by atoms with Gasteiger partial charge in [-0.1, -0.05) is 24.3 Å². The van der Waals surface area contributed by atoms with E-state index in [1.54, 1.807) is 17.9 Å². The third-order valence-corrected chi connectivity index (χ3v) is 6.26. The number of carbonyl (C=O) groups is 2. The second-order valence-electron chi connectivity index (χ2n) is 8.86. The minimum atomic E-state index is -0.655. The Balaban J connectivity index is 1.24. The quantitative estimate of drug-likeness (QED) is 0.672. The number of aryl methyl sites for hydroxylation is 1. The zero-order chi connectivity index (χ0) is 22.5. The van der Waals surface area contributed by atoms with Crippen molar-refractivity contribution in [3.63, 3.8) is 0 Å². The molecule has 0 bridgehead atoms. The Morgan fingerprint density at radius 2 is 2.00 bits per heavy atom. The van der Waals surface area contributed by atoms with Crippen molar-refractivity contribution in [3.8, 4) is 0 Å². The third kappa shape index (κ3) is 5.69. The minimum Gasteiger partial charge on any atom is -0.390 e. The second kappa shape index (κ2) is 10.2. The number of fused-ring (bicyclic) bond motifs is 1. The lowest BCUT2D eigenvalue weighted by molar-refractivity contribution is -0.134. The molecule has 1 saturated heterocycles. The summed E-state index contributed by atoms with van der Waals surface area (Å²) in [6.45, 7) is 5.46. The van der Waals surface area contributed by atoms with E-state index in [0.717, 1.165) is 44.7 Å². The summed E-state index contributed by atoms with van der Waals surface area (Å²) in [5, 5.41) is 13.3. The normalized spacial score (nSPS) is 17.8. The van der Waals surface area contributed by atoms with E-state index in [1.165, 1.54) is 17.5 Å². The van der Waals surface area contributed by atoms with Crippen LogP contribution in [0.25, 0.3) is 0 Å². The molecule has 3 heterocycles. The fraction of sp³-hybridized carbons (Fsp3) is 0.500. The Labute approximate surface area is 188 Å². The first-order valence-corrected chi connectivity index (χ1v) is 11.3. The number of benzene rings is 1. The van der Waals surface area contributed by atoms with Crippen LogP contribution in [0, 0.1) is 5.92 Å². The number of aromatic nitrogens is 2. The van der Waals surface area contributed by atoms with Gasteiger partial charge >= 0.3 is 0 Å². The first-order chi connectivity index (χ1) is 15.5. The lowest BCUT2D eigenvalue weighted by Crippen LogP contribution is -2.49. The Bertz CT molecular complexity index is 960. The highest BCUT2D eigenvalue weighted by atomic mass is 16.3. The monoisotopic (exact) mass is 437 g/mol. The van der Waals surface area contributed by atoms with Gasteiger partial charge in [0.1, 0.15) is 12.0 Å². The van der Waals surface area contributed by atoms with Crippen molar-refractivity contribution >= 4 is 11.8 Å². The maximum atomic E-state index is 12.5. The van der Waals surface area contributed by atoms with Gasteiger partial charge in [-0.3, -0.25) is 14.5 Å². The molecule has 1 atom stereocenters. The fourth-order valence-electron chi connectivity index (χ4n) is 4.47. The van der Waals surface area contributed by atoms with Crippen molar-refractivity contribution in [2.75, 3.05) is 32.7 Å². The summed E-state index contributed by atoms with van der Waals surface area (Å²) < 4.78 is 0. The molecular weight excluding hydrogens is 406 g/mol. The zero-order valence-corrected chi connectivity index (χ0v) is 18.5. The molecule has 0 aliphatic carbocycles. The number of rotatable bonds is 7. The van der Waals surface area contributed by atoms with E-state index in [2.05, 4.69) is 44.5 Å². The maximum Gasteiger partial charge on any atom is 0.270 e. The number of aliphatic hydroxyl groups is 1.